The first-order chi connectivity index (χ1) is 5.77. The normalized spacial score (nSPS) is 9.92. The molecule has 0 unspecified atom stereocenters. The monoisotopic (exact) mass is 166 g/mol. The van der Waals surface area contributed by atoms with Gasteiger partial charge in [-0.3, -0.25) is 4.98 Å². The smallest absolute Gasteiger partial charge is 0.162 e. The van der Waals surface area contributed by atoms with Crippen LogP contribution < -0.4 is 11.3 Å². The van der Waals surface area contributed by atoms with Gasteiger partial charge in [0.25, 0.3) is 0 Å². The molecule has 0 atom stereocenters. The maximum Gasteiger partial charge on any atom is 0.162 e. The Kier molecular flexibility index (Phi) is 2.99. The van der Waals surface area contributed by atoms with Gasteiger partial charge in [0.15, 0.2) is 5.82 Å². The van der Waals surface area contributed by atoms with Crippen LogP contribution in [-0.2, 0) is 6.42 Å². The van der Waals surface area contributed by atoms with Crippen LogP contribution in [0.5, 0.6) is 0 Å². The summed E-state index contributed by atoms with van der Waals surface area (Å²) in [6, 6.07) is 0. The summed E-state index contributed by atoms with van der Waals surface area (Å²) < 4.78 is 0. The van der Waals surface area contributed by atoms with E-state index in [0.717, 1.165) is 24.2 Å². The molecule has 0 fully saturated rings. The van der Waals surface area contributed by atoms with Crippen LogP contribution in [0.3, 0.4) is 0 Å². The summed E-state index contributed by atoms with van der Waals surface area (Å²) in [5.74, 6) is 5.99. The van der Waals surface area contributed by atoms with Crippen LogP contribution in [0.25, 0.3) is 0 Å². The van der Waals surface area contributed by atoms with E-state index in [0.29, 0.717) is 5.82 Å². The number of nitrogen functional groups attached to an aromatic ring is 1. The molecule has 4 heteroatoms. The number of nitrogens with zero attached hydrogens (tertiary/aromatic N) is 2. The summed E-state index contributed by atoms with van der Waals surface area (Å²) in [6.45, 7) is 3.99. The van der Waals surface area contributed by atoms with Crippen molar-refractivity contribution in [1.29, 1.82) is 0 Å². The zero-order valence-corrected chi connectivity index (χ0v) is 7.46. The molecule has 0 saturated heterocycles. The Labute approximate surface area is 72.2 Å². The predicted octanol–water partition coefficient (Wildman–Crippen LogP) is 1.02. The molecule has 66 valence electrons. The summed E-state index contributed by atoms with van der Waals surface area (Å²) in [7, 11) is 0. The molecule has 1 aromatic heterocycles. The van der Waals surface area contributed by atoms with Crippen LogP contribution in [0.2, 0.25) is 0 Å². The minimum Gasteiger partial charge on any atom is -0.307 e. The van der Waals surface area contributed by atoms with Gasteiger partial charge in [-0.2, -0.15) is 0 Å². The third-order valence-electron chi connectivity index (χ3n) is 1.59. The van der Waals surface area contributed by atoms with Crippen LogP contribution in [0.15, 0.2) is 6.20 Å². The largest absolute Gasteiger partial charge is 0.307 e. The van der Waals surface area contributed by atoms with Crippen LogP contribution >= 0.6 is 0 Å². The molecule has 0 aliphatic rings. The van der Waals surface area contributed by atoms with Crippen molar-refractivity contribution in [3.05, 3.63) is 17.6 Å². The van der Waals surface area contributed by atoms with E-state index in [-0.39, 0.29) is 0 Å². The Balaban J connectivity index is 2.94. The first-order valence-electron chi connectivity index (χ1n) is 4.07. The molecule has 0 radical (unpaired) electrons. The van der Waals surface area contributed by atoms with Crippen molar-refractivity contribution in [2.45, 2.75) is 26.7 Å². The summed E-state index contributed by atoms with van der Waals surface area (Å²) in [6.07, 6.45) is 3.71. The van der Waals surface area contributed by atoms with Crippen molar-refractivity contribution in [1.82, 2.24) is 9.97 Å². The SMILES string of the molecule is CCCc1ncc(C)nc1NN. The van der Waals surface area contributed by atoms with Gasteiger partial charge in [-0.05, 0) is 13.3 Å². The minimum absolute atomic E-state index is 0.692. The van der Waals surface area contributed by atoms with E-state index in [1.165, 1.54) is 0 Å². The van der Waals surface area contributed by atoms with E-state index in [2.05, 4.69) is 22.3 Å². The second-order valence-electron chi connectivity index (χ2n) is 2.70. The van der Waals surface area contributed by atoms with Crippen molar-refractivity contribution in [3.63, 3.8) is 0 Å². The van der Waals surface area contributed by atoms with Crippen molar-refractivity contribution < 1.29 is 0 Å². The second-order valence-corrected chi connectivity index (χ2v) is 2.70. The topological polar surface area (TPSA) is 63.8 Å². The third-order valence-corrected chi connectivity index (χ3v) is 1.59. The molecule has 0 amide bonds. The average Bonchev–Trinajstić information content (AvgIpc) is 2.08. The van der Waals surface area contributed by atoms with Gasteiger partial charge in [0.1, 0.15) is 0 Å². The lowest BCUT2D eigenvalue weighted by atomic mass is 10.2. The van der Waals surface area contributed by atoms with E-state index in [1.807, 2.05) is 6.92 Å². The molecule has 0 bridgehead atoms. The fourth-order valence-corrected chi connectivity index (χ4v) is 1.04. The molecule has 0 aliphatic carbocycles. The lowest BCUT2D eigenvalue weighted by Gasteiger charge is -2.05. The standard InChI is InChI=1S/C8H14N4/c1-3-4-7-8(12-9)11-6(2)5-10-7/h5H,3-4,9H2,1-2H3,(H,11,12). The molecular weight excluding hydrogens is 152 g/mol. The minimum atomic E-state index is 0.692. The van der Waals surface area contributed by atoms with E-state index >= 15 is 0 Å². The van der Waals surface area contributed by atoms with Crippen LogP contribution in [0, 0.1) is 6.92 Å². The number of aryl methyl sites for hydroxylation is 2. The molecule has 0 spiro atoms. The maximum absolute atomic E-state index is 5.30. The Hall–Kier alpha value is -1.16. The zero-order valence-electron chi connectivity index (χ0n) is 7.46. The van der Waals surface area contributed by atoms with Crippen molar-refractivity contribution in [3.8, 4) is 0 Å². The van der Waals surface area contributed by atoms with E-state index in [9.17, 15) is 0 Å². The fourth-order valence-electron chi connectivity index (χ4n) is 1.04. The van der Waals surface area contributed by atoms with E-state index in [4.69, 9.17) is 5.84 Å². The number of rotatable bonds is 3. The Morgan fingerprint density at radius 1 is 1.58 bits per heavy atom. The van der Waals surface area contributed by atoms with Gasteiger partial charge in [0.2, 0.25) is 0 Å². The van der Waals surface area contributed by atoms with Gasteiger partial charge >= 0.3 is 0 Å². The first kappa shape index (κ1) is 8.93. The van der Waals surface area contributed by atoms with Gasteiger partial charge in [-0.25, -0.2) is 10.8 Å². The molecule has 0 aromatic carbocycles. The number of aromatic nitrogens is 2. The van der Waals surface area contributed by atoms with Crippen molar-refractivity contribution >= 4 is 5.82 Å². The summed E-state index contributed by atoms with van der Waals surface area (Å²) >= 11 is 0. The lowest BCUT2D eigenvalue weighted by Crippen LogP contribution is -2.12. The zero-order chi connectivity index (χ0) is 8.97. The van der Waals surface area contributed by atoms with Gasteiger partial charge in [-0.15, -0.1) is 0 Å². The highest BCUT2D eigenvalue weighted by atomic mass is 15.3. The predicted molar refractivity (Wildman–Crippen MR) is 48.6 cm³/mol. The molecule has 1 aromatic rings. The van der Waals surface area contributed by atoms with Crippen LogP contribution in [0.4, 0.5) is 5.82 Å². The summed E-state index contributed by atoms with van der Waals surface area (Å²) in [5.41, 5.74) is 4.36. The Morgan fingerprint density at radius 3 is 2.92 bits per heavy atom. The van der Waals surface area contributed by atoms with Gasteiger partial charge in [0.05, 0.1) is 11.4 Å². The van der Waals surface area contributed by atoms with E-state index in [1.54, 1.807) is 6.20 Å². The number of hydrogen-bond acceptors (Lipinski definition) is 4. The van der Waals surface area contributed by atoms with E-state index < -0.39 is 0 Å². The second kappa shape index (κ2) is 4.01. The highest BCUT2D eigenvalue weighted by molar-refractivity contribution is 5.38. The number of hydrogen-bond donors (Lipinski definition) is 2. The number of hydrazine groups is 1. The molecule has 3 N–H and O–H groups in total. The number of nitrogens with one attached hydrogen (secondary N) is 1. The lowest BCUT2D eigenvalue weighted by molar-refractivity contribution is 0.865. The highest BCUT2D eigenvalue weighted by Gasteiger charge is 2.02. The molecule has 0 aliphatic heterocycles. The molecule has 1 heterocycles. The van der Waals surface area contributed by atoms with Crippen molar-refractivity contribution in [2.24, 2.45) is 5.84 Å². The molecular formula is C8H14N4. The Morgan fingerprint density at radius 2 is 2.33 bits per heavy atom. The maximum atomic E-state index is 5.30. The highest BCUT2D eigenvalue weighted by Crippen LogP contribution is 2.10. The number of anilines is 1. The average molecular weight is 166 g/mol. The molecule has 12 heavy (non-hydrogen) atoms. The third kappa shape index (κ3) is 1.92. The quantitative estimate of drug-likeness (QED) is 0.520. The first-order valence-corrected chi connectivity index (χ1v) is 4.07. The summed E-state index contributed by atoms with van der Waals surface area (Å²) in [5, 5.41) is 0. The molecule has 1 rings (SSSR count). The van der Waals surface area contributed by atoms with Crippen LogP contribution in [-0.4, -0.2) is 9.97 Å². The molecule has 4 nitrogen and oxygen atoms in total. The van der Waals surface area contributed by atoms with Crippen LogP contribution in [0.1, 0.15) is 24.7 Å². The van der Waals surface area contributed by atoms with Crippen molar-refractivity contribution in [2.75, 3.05) is 5.43 Å². The Bertz CT molecular complexity index is 259. The number of nitrogens with two attached hydrogens (primary N) is 1. The fraction of sp³-hybridized carbons (Fsp3) is 0.500. The van der Waals surface area contributed by atoms with Gasteiger partial charge < -0.3 is 5.43 Å². The molecule has 0 saturated carbocycles. The summed E-state index contributed by atoms with van der Waals surface area (Å²) in [4.78, 5) is 8.45. The van der Waals surface area contributed by atoms with Gasteiger partial charge in [0, 0.05) is 6.20 Å². The van der Waals surface area contributed by atoms with Gasteiger partial charge in [-0.1, -0.05) is 13.3 Å².